The summed E-state index contributed by atoms with van der Waals surface area (Å²) in [4.78, 5) is 2.46. The highest BCUT2D eigenvalue weighted by atomic mass is 32.1. The van der Waals surface area contributed by atoms with Crippen LogP contribution in [0, 0.1) is 0 Å². The minimum absolute atomic E-state index is 1.12. The van der Waals surface area contributed by atoms with E-state index in [4.69, 9.17) is 0 Å². The smallest absolute Gasteiger partial charge is 0.0547 e. The molecular formula is C50H33NS. The van der Waals surface area contributed by atoms with Gasteiger partial charge in [0.2, 0.25) is 0 Å². The van der Waals surface area contributed by atoms with Crippen LogP contribution in [0.25, 0.3) is 75.1 Å². The van der Waals surface area contributed by atoms with Crippen molar-refractivity contribution >= 4 is 70.1 Å². The van der Waals surface area contributed by atoms with Gasteiger partial charge < -0.3 is 4.90 Å². The molecule has 2 heteroatoms. The van der Waals surface area contributed by atoms with E-state index in [9.17, 15) is 0 Å². The van der Waals surface area contributed by atoms with E-state index in [1.165, 1.54) is 75.1 Å². The van der Waals surface area contributed by atoms with Crippen LogP contribution in [-0.2, 0) is 0 Å². The second-order valence-electron chi connectivity index (χ2n) is 13.3. The molecule has 0 aliphatic heterocycles. The summed E-state index contributed by atoms with van der Waals surface area (Å²) in [5.41, 5.74) is 10.7. The number of anilines is 3. The van der Waals surface area contributed by atoms with Gasteiger partial charge in [-0.3, -0.25) is 0 Å². The van der Waals surface area contributed by atoms with Gasteiger partial charge in [-0.2, -0.15) is 0 Å². The van der Waals surface area contributed by atoms with Crippen LogP contribution in [0.1, 0.15) is 0 Å². The largest absolute Gasteiger partial charge is 0.310 e. The van der Waals surface area contributed by atoms with Crippen molar-refractivity contribution in [1.82, 2.24) is 0 Å². The van der Waals surface area contributed by atoms with E-state index in [0.29, 0.717) is 0 Å². The maximum atomic E-state index is 2.46. The highest BCUT2D eigenvalue weighted by Gasteiger charge is 2.21. The van der Waals surface area contributed by atoms with E-state index in [1.807, 2.05) is 11.3 Å². The van der Waals surface area contributed by atoms with Crippen LogP contribution in [0.3, 0.4) is 0 Å². The molecule has 244 valence electrons. The number of thiophene rings is 1. The summed E-state index contributed by atoms with van der Waals surface area (Å²) in [7, 11) is 0. The quantitative estimate of drug-likeness (QED) is 0.169. The minimum atomic E-state index is 1.12. The first-order valence-electron chi connectivity index (χ1n) is 17.8. The van der Waals surface area contributed by atoms with Gasteiger partial charge in [-0.15, -0.1) is 11.3 Å². The minimum Gasteiger partial charge on any atom is -0.310 e. The molecule has 0 saturated carbocycles. The standard InChI is InChI=1S/C50H33NS/c1-3-13-34(14-4-1)36-25-27-37(28-26-36)40-19-11-20-41(31-40)51(42-30-29-35-15-7-8-18-39(35)32-42)47-33-46-49-43(38-16-5-2-6-17-38)23-12-24-48(49)52-50(46)45-22-10-9-21-44(45)47/h1-33H. The number of hydrogen-bond donors (Lipinski definition) is 0. The first-order valence-corrected chi connectivity index (χ1v) is 18.6. The number of nitrogens with zero attached hydrogens (tertiary/aromatic N) is 1. The number of fused-ring (bicyclic) bond motifs is 6. The molecule has 0 bridgehead atoms. The van der Waals surface area contributed by atoms with Crippen LogP contribution < -0.4 is 4.90 Å². The van der Waals surface area contributed by atoms with Crippen LogP contribution >= 0.6 is 11.3 Å². The summed E-state index contributed by atoms with van der Waals surface area (Å²) in [6.45, 7) is 0. The van der Waals surface area contributed by atoms with Gasteiger partial charge in [-0.25, -0.2) is 0 Å². The maximum absolute atomic E-state index is 2.46. The van der Waals surface area contributed by atoms with Gasteiger partial charge in [0.1, 0.15) is 0 Å². The van der Waals surface area contributed by atoms with Crippen LogP contribution in [0.15, 0.2) is 200 Å². The topological polar surface area (TPSA) is 3.24 Å². The first kappa shape index (κ1) is 30.4. The fraction of sp³-hybridized carbons (Fsp3) is 0. The van der Waals surface area contributed by atoms with Gasteiger partial charge in [0.15, 0.2) is 0 Å². The van der Waals surface area contributed by atoms with Gasteiger partial charge in [0.05, 0.1) is 5.69 Å². The normalized spacial score (nSPS) is 11.5. The lowest BCUT2D eigenvalue weighted by Gasteiger charge is -2.28. The second kappa shape index (κ2) is 12.7. The third kappa shape index (κ3) is 5.24. The Hall–Kier alpha value is -6.48. The lowest BCUT2D eigenvalue weighted by Crippen LogP contribution is -2.10. The van der Waals surface area contributed by atoms with Crippen molar-refractivity contribution in [3.05, 3.63) is 200 Å². The monoisotopic (exact) mass is 679 g/mol. The van der Waals surface area contributed by atoms with Crippen molar-refractivity contribution in [2.75, 3.05) is 4.90 Å². The number of hydrogen-bond acceptors (Lipinski definition) is 2. The molecule has 0 aliphatic rings. The molecule has 0 N–H and O–H groups in total. The molecule has 0 spiro atoms. The van der Waals surface area contributed by atoms with E-state index in [2.05, 4.69) is 205 Å². The molecule has 0 aliphatic carbocycles. The molecular weight excluding hydrogens is 647 g/mol. The second-order valence-corrected chi connectivity index (χ2v) is 14.4. The third-order valence-corrected chi connectivity index (χ3v) is 11.4. The Bertz CT molecular complexity index is 2890. The van der Waals surface area contributed by atoms with E-state index in [1.54, 1.807) is 0 Å². The van der Waals surface area contributed by atoms with Crippen molar-refractivity contribution in [2.24, 2.45) is 0 Å². The SMILES string of the molecule is c1ccc(-c2ccc(-c3cccc(N(c4ccc5ccccc5c4)c4cc5c(sc6cccc(-c7ccccc7)c65)c5ccccc45)c3)cc2)cc1. The third-order valence-electron chi connectivity index (χ3n) is 10.2. The Morgan fingerprint density at radius 1 is 0.346 bits per heavy atom. The lowest BCUT2D eigenvalue weighted by atomic mass is 9.96. The molecule has 10 aromatic rings. The predicted octanol–water partition coefficient (Wildman–Crippen LogP) is 14.8. The zero-order valence-corrected chi connectivity index (χ0v) is 29.2. The molecule has 0 saturated heterocycles. The highest BCUT2D eigenvalue weighted by Crippen LogP contribution is 2.48. The summed E-state index contributed by atoms with van der Waals surface area (Å²) in [5, 5.41) is 7.55. The Kier molecular flexibility index (Phi) is 7.41. The van der Waals surface area contributed by atoms with Crippen LogP contribution in [0.4, 0.5) is 17.1 Å². The Morgan fingerprint density at radius 3 is 1.73 bits per heavy atom. The van der Waals surface area contributed by atoms with Gasteiger partial charge in [0.25, 0.3) is 0 Å². The molecule has 10 rings (SSSR count). The van der Waals surface area contributed by atoms with E-state index < -0.39 is 0 Å². The van der Waals surface area contributed by atoms with E-state index in [0.717, 1.165) is 17.1 Å². The molecule has 1 heterocycles. The molecule has 52 heavy (non-hydrogen) atoms. The molecule has 9 aromatic carbocycles. The first-order chi connectivity index (χ1) is 25.8. The van der Waals surface area contributed by atoms with Crippen molar-refractivity contribution in [3.63, 3.8) is 0 Å². The van der Waals surface area contributed by atoms with Crippen LogP contribution in [0.2, 0.25) is 0 Å². The Balaban J connectivity index is 1.22. The van der Waals surface area contributed by atoms with Crippen molar-refractivity contribution in [3.8, 4) is 33.4 Å². The Morgan fingerprint density at radius 2 is 0.942 bits per heavy atom. The fourth-order valence-electron chi connectivity index (χ4n) is 7.73. The molecule has 0 fully saturated rings. The van der Waals surface area contributed by atoms with Gasteiger partial charge in [-0.05, 0) is 80.6 Å². The summed E-state index contributed by atoms with van der Waals surface area (Å²) in [5.74, 6) is 0. The number of benzene rings is 9. The van der Waals surface area contributed by atoms with E-state index in [-0.39, 0.29) is 0 Å². The molecule has 0 amide bonds. The summed E-state index contributed by atoms with van der Waals surface area (Å²) in [6.07, 6.45) is 0. The number of rotatable bonds is 6. The van der Waals surface area contributed by atoms with Crippen molar-refractivity contribution in [2.45, 2.75) is 0 Å². The van der Waals surface area contributed by atoms with Crippen LogP contribution in [-0.4, -0.2) is 0 Å². The Labute approximate surface area is 307 Å². The predicted molar refractivity (Wildman–Crippen MR) is 225 cm³/mol. The zero-order valence-electron chi connectivity index (χ0n) is 28.4. The zero-order chi connectivity index (χ0) is 34.4. The summed E-state index contributed by atoms with van der Waals surface area (Å²) in [6, 6.07) is 72.9. The fourth-order valence-corrected chi connectivity index (χ4v) is 8.97. The molecule has 0 atom stereocenters. The lowest BCUT2D eigenvalue weighted by molar-refractivity contribution is 1.31. The average molecular weight is 680 g/mol. The van der Waals surface area contributed by atoms with E-state index >= 15 is 0 Å². The van der Waals surface area contributed by atoms with Crippen molar-refractivity contribution < 1.29 is 0 Å². The van der Waals surface area contributed by atoms with Crippen molar-refractivity contribution in [1.29, 1.82) is 0 Å². The maximum Gasteiger partial charge on any atom is 0.0547 e. The van der Waals surface area contributed by atoms with Gasteiger partial charge >= 0.3 is 0 Å². The summed E-state index contributed by atoms with van der Waals surface area (Å²) < 4.78 is 2.63. The molecule has 0 radical (unpaired) electrons. The molecule has 1 nitrogen and oxygen atoms in total. The highest BCUT2D eigenvalue weighted by molar-refractivity contribution is 7.26. The average Bonchev–Trinajstić information content (AvgIpc) is 3.61. The summed E-state index contributed by atoms with van der Waals surface area (Å²) >= 11 is 1.89. The molecule has 0 unspecified atom stereocenters. The molecule has 1 aromatic heterocycles. The van der Waals surface area contributed by atoms with Gasteiger partial charge in [-0.1, -0.05) is 164 Å². The van der Waals surface area contributed by atoms with Crippen LogP contribution in [0.5, 0.6) is 0 Å². The van der Waals surface area contributed by atoms with Gasteiger partial charge in [0, 0.05) is 42.3 Å².